The van der Waals surface area contributed by atoms with Gasteiger partial charge in [-0.2, -0.15) is 0 Å². The Labute approximate surface area is 132 Å². The fourth-order valence-electron chi connectivity index (χ4n) is 3.66. The van der Waals surface area contributed by atoms with E-state index < -0.39 is 17.3 Å². The van der Waals surface area contributed by atoms with Crippen molar-refractivity contribution in [1.29, 1.82) is 0 Å². The first-order chi connectivity index (χ1) is 10.4. The van der Waals surface area contributed by atoms with E-state index in [1.807, 2.05) is 31.2 Å². The highest BCUT2D eigenvalue weighted by atomic mass is 16.4. The van der Waals surface area contributed by atoms with Crippen LogP contribution in [0.2, 0.25) is 0 Å². The lowest BCUT2D eigenvalue weighted by molar-refractivity contribution is -0.143. The van der Waals surface area contributed by atoms with Crippen molar-refractivity contribution in [1.82, 2.24) is 0 Å². The fraction of sp³-hybridized carbons (Fsp3) is 0.350. The maximum absolute atomic E-state index is 11.9. The highest BCUT2D eigenvalue weighted by Crippen LogP contribution is 2.43. The molecule has 0 aliphatic heterocycles. The topological polar surface area (TPSA) is 37.3 Å². The highest BCUT2D eigenvalue weighted by Gasteiger charge is 2.42. The summed E-state index contributed by atoms with van der Waals surface area (Å²) in [7, 11) is 0. The van der Waals surface area contributed by atoms with Crippen LogP contribution in [0.5, 0.6) is 0 Å². The van der Waals surface area contributed by atoms with Crippen LogP contribution in [-0.2, 0) is 10.2 Å². The molecule has 22 heavy (non-hydrogen) atoms. The van der Waals surface area contributed by atoms with Crippen LogP contribution in [-0.4, -0.2) is 11.1 Å². The van der Waals surface area contributed by atoms with Crippen LogP contribution < -0.4 is 0 Å². The molecule has 1 atom stereocenters. The third kappa shape index (κ3) is 2.66. The Morgan fingerprint density at radius 3 is 1.73 bits per heavy atom. The summed E-state index contributed by atoms with van der Waals surface area (Å²) in [5.41, 5.74) is 3.91. The van der Waals surface area contributed by atoms with Gasteiger partial charge < -0.3 is 5.11 Å². The van der Waals surface area contributed by atoms with Gasteiger partial charge >= 0.3 is 5.97 Å². The van der Waals surface area contributed by atoms with Gasteiger partial charge in [0.25, 0.3) is 0 Å². The molecule has 0 radical (unpaired) electrons. The number of aliphatic carboxylic acids is 1. The average Bonchev–Trinajstić information content (AvgIpc) is 2.48. The molecule has 0 aromatic heterocycles. The van der Waals surface area contributed by atoms with Gasteiger partial charge in [-0.1, -0.05) is 62.4 Å². The lowest BCUT2D eigenvalue weighted by Gasteiger charge is -2.38. The number of hydrogen-bond donors (Lipinski definition) is 1. The molecule has 0 aliphatic rings. The molecular formula is C20H24O2. The predicted octanol–water partition coefficient (Wildman–Crippen LogP) is 4.72. The van der Waals surface area contributed by atoms with Crippen LogP contribution >= 0.6 is 0 Å². The first kappa shape index (κ1) is 16.3. The quantitative estimate of drug-likeness (QED) is 0.866. The largest absolute Gasteiger partial charge is 0.481 e. The van der Waals surface area contributed by atoms with Crippen LogP contribution in [0.3, 0.4) is 0 Å². The Hall–Kier alpha value is -2.09. The summed E-state index contributed by atoms with van der Waals surface area (Å²) in [6.45, 7) is 8.13. The molecule has 0 heterocycles. The van der Waals surface area contributed by atoms with Crippen LogP contribution in [0.25, 0.3) is 0 Å². The third-order valence-electron chi connectivity index (χ3n) is 4.81. The second kappa shape index (κ2) is 6.35. The zero-order valence-electron chi connectivity index (χ0n) is 13.8. The number of benzene rings is 2. The number of carboxylic acids is 1. The molecule has 0 fully saturated rings. The maximum Gasteiger partial charge on any atom is 0.307 e. The van der Waals surface area contributed by atoms with Crippen molar-refractivity contribution in [3.05, 3.63) is 70.8 Å². The lowest BCUT2D eigenvalue weighted by Crippen LogP contribution is -2.39. The van der Waals surface area contributed by atoms with Crippen LogP contribution in [0.4, 0.5) is 0 Å². The molecular weight excluding hydrogens is 272 g/mol. The molecule has 116 valence electrons. The smallest absolute Gasteiger partial charge is 0.307 e. The van der Waals surface area contributed by atoms with Gasteiger partial charge in [0.15, 0.2) is 0 Å². The van der Waals surface area contributed by atoms with Gasteiger partial charge in [0.1, 0.15) is 0 Å². The van der Waals surface area contributed by atoms with Crippen molar-refractivity contribution in [2.45, 2.75) is 39.5 Å². The van der Waals surface area contributed by atoms with E-state index >= 15 is 0 Å². The SMILES string of the molecule is CCC(C(=O)O)C(C)(c1ccccc1C)c1ccccc1C. The van der Waals surface area contributed by atoms with Gasteiger partial charge in [-0.3, -0.25) is 4.79 Å². The van der Waals surface area contributed by atoms with Gasteiger partial charge in [0, 0.05) is 5.41 Å². The van der Waals surface area contributed by atoms with E-state index in [0.29, 0.717) is 6.42 Å². The van der Waals surface area contributed by atoms with Crippen molar-refractivity contribution >= 4 is 5.97 Å². The zero-order chi connectivity index (χ0) is 16.3. The number of carbonyl (C=O) groups is 1. The first-order valence-electron chi connectivity index (χ1n) is 7.78. The Morgan fingerprint density at radius 1 is 1.00 bits per heavy atom. The summed E-state index contributed by atoms with van der Waals surface area (Å²) in [5.74, 6) is -1.20. The lowest BCUT2D eigenvalue weighted by atomic mass is 9.64. The van der Waals surface area contributed by atoms with Gasteiger partial charge in [-0.15, -0.1) is 0 Å². The average molecular weight is 296 g/mol. The molecule has 1 N–H and O–H groups in total. The third-order valence-corrected chi connectivity index (χ3v) is 4.81. The van der Waals surface area contributed by atoms with Crippen molar-refractivity contribution in [3.63, 3.8) is 0 Å². The molecule has 0 aliphatic carbocycles. The Balaban J connectivity index is 2.78. The second-order valence-electron chi connectivity index (χ2n) is 6.13. The number of aryl methyl sites for hydroxylation is 2. The normalized spacial score (nSPS) is 12.9. The van der Waals surface area contributed by atoms with Crippen LogP contribution in [0.1, 0.15) is 42.5 Å². The molecule has 0 spiro atoms. The molecule has 0 amide bonds. The highest BCUT2D eigenvalue weighted by molar-refractivity contribution is 5.74. The monoisotopic (exact) mass is 296 g/mol. The number of rotatable bonds is 5. The van der Waals surface area contributed by atoms with E-state index in [1.54, 1.807) is 0 Å². The summed E-state index contributed by atoms with van der Waals surface area (Å²) >= 11 is 0. The van der Waals surface area contributed by atoms with Crippen molar-refractivity contribution in [2.75, 3.05) is 0 Å². The van der Waals surface area contributed by atoms with E-state index in [-0.39, 0.29) is 0 Å². The summed E-state index contributed by atoms with van der Waals surface area (Å²) in [6, 6.07) is 16.2. The minimum Gasteiger partial charge on any atom is -0.481 e. The summed E-state index contributed by atoms with van der Waals surface area (Å²) < 4.78 is 0. The predicted molar refractivity (Wildman–Crippen MR) is 90.2 cm³/mol. The van der Waals surface area contributed by atoms with E-state index in [2.05, 4.69) is 45.0 Å². The molecule has 2 rings (SSSR count). The van der Waals surface area contributed by atoms with Crippen molar-refractivity contribution in [2.24, 2.45) is 5.92 Å². The standard InChI is InChI=1S/C20H24O2/c1-5-16(19(21)22)20(4,17-12-8-6-10-14(17)2)18-13-9-7-11-15(18)3/h6-13,16H,5H2,1-4H3,(H,21,22). The Kier molecular flexibility index (Phi) is 4.70. The Morgan fingerprint density at radius 2 is 1.41 bits per heavy atom. The van der Waals surface area contributed by atoms with Gasteiger partial charge in [-0.05, 0) is 42.5 Å². The van der Waals surface area contributed by atoms with Gasteiger partial charge in [-0.25, -0.2) is 0 Å². The first-order valence-corrected chi connectivity index (χ1v) is 7.78. The fourth-order valence-corrected chi connectivity index (χ4v) is 3.66. The van der Waals surface area contributed by atoms with Crippen molar-refractivity contribution in [3.8, 4) is 0 Å². The summed E-state index contributed by atoms with van der Waals surface area (Å²) in [6.07, 6.45) is 0.592. The minimum absolute atomic E-state index is 0.463. The van der Waals surface area contributed by atoms with E-state index in [4.69, 9.17) is 0 Å². The summed E-state index contributed by atoms with van der Waals surface area (Å²) in [5, 5.41) is 9.81. The molecule has 0 saturated heterocycles. The van der Waals surface area contributed by atoms with Gasteiger partial charge in [0.05, 0.1) is 5.92 Å². The van der Waals surface area contributed by atoms with E-state index in [1.165, 1.54) is 0 Å². The molecule has 2 heteroatoms. The molecule has 0 bridgehead atoms. The van der Waals surface area contributed by atoms with E-state index in [0.717, 1.165) is 22.3 Å². The number of carboxylic acid groups (broad SMARTS) is 1. The summed E-state index contributed by atoms with van der Waals surface area (Å²) in [4.78, 5) is 11.9. The molecule has 1 unspecified atom stereocenters. The van der Waals surface area contributed by atoms with Gasteiger partial charge in [0.2, 0.25) is 0 Å². The van der Waals surface area contributed by atoms with Crippen LogP contribution in [0.15, 0.2) is 48.5 Å². The molecule has 2 nitrogen and oxygen atoms in total. The van der Waals surface area contributed by atoms with E-state index in [9.17, 15) is 9.90 Å². The zero-order valence-corrected chi connectivity index (χ0v) is 13.8. The minimum atomic E-state index is -0.739. The van der Waals surface area contributed by atoms with Crippen molar-refractivity contribution < 1.29 is 9.90 Å². The molecule has 0 saturated carbocycles. The van der Waals surface area contributed by atoms with Crippen LogP contribution in [0, 0.1) is 19.8 Å². The second-order valence-corrected chi connectivity index (χ2v) is 6.13. The maximum atomic E-state index is 11.9. The molecule has 2 aromatic rings. The Bertz CT molecular complexity index is 627. The number of hydrogen-bond acceptors (Lipinski definition) is 1. The molecule has 2 aromatic carbocycles.